The average molecular weight is 165 g/mol. The minimum Gasteiger partial charge on any atom is -0.478 e. The lowest BCUT2D eigenvalue weighted by Crippen LogP contribution is -1.96. The van der Waals surface area contributed by atoms with Crippen LogP contribution in [0.4, 0.5) is 5.69 Å². The van der Waals surface area contributed by atoms with E-state index in [-0.39, 0.29) is 11.3 Å². The molecular formula is C8H7NO3. The Kier molecular flexibility index (Phi) is 2.19. The maximum atomic E-state index is 10.5. The van der Waals surface area contributed by atoms with Gasteiger partial charge in [-0.05, 0) is 24.2 Å². The van der Waals surface area contributed by atoms with E-state index in [0.717, 1.165) is 5.56 Å². The second-order valence-corrected chi connectivity index (χ2v) is 2.42. The standard InChI is InChI=1S/C8H7NO3/c1-5-2-3-7(9-12)6(4-5)8(10)11/h2-4H,1H3,(H,10,11). The molecule has 0 saturated heterocycles. The number of hydrogen-bond acceptors (Lipinski definition) is 3. The topological polar surface area (TPSA) is 66.7 Å². The molecule has 0 fully saturated rings. The highest BCUT2D eigenvalue weighted by Crippen LogP contribution is 2.19. The first-order valence-corrected chi connectivity index (χ1v) is 3.32. The van der Waals surface area contributed by atoms with Crippen LogP contribution in [0.1, 0.15) is 15.9 Å². The molecule has 0 amide bonds. The monoisotopic (exact) mass is 165 g/mol. The molecule has 0 aromatic heterocycles. The van der Waals surface area contributed by atoms with E-state index in [4.69, 9.17) is 5.11 Å². The van der Waals surface area contributed by atoms with Crippen molar-refractivity contribution in [1.82, 2.24) is 0 Å². The molecule has 0 saturated carbocycles. The number of carbonyl (C=O) groups is 1. The number of hydrogen-bond donors (Lipinski definition) is 1. The van der Waals surface area contributed by atoms with Crippen LogP contribution < -0.4 is 0 Å². The number of nitroso groups, excluding NO2 is 1. The van der Waals surface area contributed by atoms with Crippen molar-refractivity contribution in [1.29, 1.82) is 0 Å². The summed E-state index contributed by atoms with van der Waals surface area (Å²) in [5.41, 5.74) is 0.706. The van der Waals surface area contributed by atoms with Crippen LogP contribution >= 0.6 is 0 Å². The van der Waals surface area contributed by atoms with E-state index < -0.39 is 5.97 Å². The third-order valence-corrected chi connectivity index (χ3v) is 1.48. The summed E-state index contributed by atoms with van der Waals surface area (Å²) in [6.45, 7) is 1.75. The van der Waals surface area contributed by atoms with Crippen LogP contribution in [0.3, 0.4) is 0 Å². The summed E-state index contributed by atoms with van der Waals surface area (Å²) in [6, 6.07) is 4.45. The van der Waals surface area contributed by atoms with Crippen molar-refractivity contribution in [2.24, 2.45) is 5.18 Å². The third-order valence-electron chi connectivity index (χ3n) is 1.48. The highest BCUT2D eigenvalue weighted by atomic mass is 16.4. The number of carboxylic acid groups (broad SMARTS) is 1. The highest BCUT2D eigenvalue weighted by molar-refractivity contribution is 5.93. The Morgan fingerprint density at radius 1 is 1.50 bits per heavy atom. The Morgan fingerprint density at radius 3 is 2.67 bits per heavy atom. The minimum atomic E-state index is -1.13. The maximum Gasteiger partial charge on any atom is 0.338 e. The molecule has 4 heteroatoms. The summed E-state index contributed by atoms with van der Waals surface area (Å²) in [6.07, 6.45) is 0. The van der Waals surface area contributed by atoms with Crippen molar-refractivity contribution in [3.8, 4) is 0 Å². The molecule has 0 aliphatic rings. The minimum absolute atomic E-state index is 0.0342. The van der Waals surface area contributed by atoms with Crippen LogP contribution in [0, 0.1) is 11.8 Å². The Labute approximate surface area is 68.8 Å². The highest BCUT2D eigenvalue weighted by Gasteiger charge is 2.09. The third kappa shape index (κ3) is 1.47. The van der Waals surface area contributed by atoms with Crippen LogP contribution in [-0.4, -0.2) is 11.1 Å². The second-order valence-electron chi connectivity index (χ2n) is 2.42. The van der Waals surface area contributed by atoms with Crippen molar-refractivity contribution >= 4 is 11.7 Å². The van der Waals surface area contributed by atoms with Crippen LogP contribution in [0.15, 0.2) is 23.4 Å². The molecule has 1 aromatic carbocycles. The van der Waals surface area contributed by atoms with E-state index in [9.17, 15) is 9.70 Å². The van der Waals surface area contributed by atoms with Gasteiger partial charge in [0, 0.05) is 0 Å². The second kappa shape index (κ2) is 3.13. The predicted octanol–water partition coefficient (Wildman–Crippen LogP) is 2.09. The Morgan fingerprint density at radius 2 is 2.17 bits per heavy atom. The smallest absolute Gasteiger partial charge is 0.338 e. The molecule has 1 N–H and O–H groups in total. The quantitative estimate of drug-likeness (QED) is 0.682. The van der Waals surface area contributed by atoms with Crippen molar-refractivity contribution in [3.05, 3.63) is 34.2 Å². The molecule has 4 nitrogen and oxygen atoms in total. The number of carboxylic acids is 1. The zero-order valence-corrected chi connectivity index (χ0v) is 6.44. The lowest BCUT2D eigenvalue weighted by molar-refractivity contribution is 0.0697. The number of rotatable bonds is 2. The van der Waals surface area contributed by atoms with Gasteiger partial charge in [-0.15, -0.1) is 4.91 Å². The van der Waals surface area contributed by atoms with Gasteiger partial charge in [0.25, 0.3) is 0 Å². The average Bonchev–Trinajstić information content (AvgIpc) is 2.04. The van der Waals surface area contributed by atoms with Crippen molar-refractivity contribution in [3.63, 3.8) is 0 Å². The van der Waals surface area contributed by atoms with Gasteiger partial charge in [0.15, 0.2) is 0 Å². The number of nitrogens with zero attached hydrogens (tertiary/aromatic N) is 1. The van der Waals surface area contributed by atoms with E-state index in [2.05, 4.69) is 5.18 Å². The van der Waals surface area contributed by atoms with E-state index in [1.54, 1.807) is 13.0 Å². The van der Waals surface area contributed by atoms with Crippen molar-refractivity contribution in [2.45, 2.75) is 6.92 Å². The van der Waals surface area contributed by atoms with Crippen LogP contribution in [-0.2, 0) is 0 Å². The zero-order chi connectivity index (χ0) is 9.14. The Balaban J connectivity index is 3.30. The van der Waals surface area contributed by atoms with E-state index >= 15 is 0 Å². The summed E-state index contributed by atoms with van der Waals surface area (Å²) in [7, 11) is 0. The molecule has 0 bridgehead atoms. The van der Waals surface area contributed by atoms with Crippen LogP contribution in [0.25, 0.3) is 0 Å². The summed E-state index contributed by atoms with van der Waals surface area (Å²) in [5, 5.41) is 11.2. The van der Waals surface area contributed by atoms with Crippen molar-refractivity contribution < 1.29 is 9.90 Å². The molecule has 0 atom stereocenters. The van der Waals surface area contributed by atoms with E-state index in [1.807, 2.05) is 0 Å². The number of aryl methyl sites for hydroxylation is 1. The Bertz CT molecular complexity index is 333. The molecule has 0 unspecified atom stereocenters. The van der Waals surface area contributed by atoms with Crippen LogP contribution in [0.2, 0.25) is 0 Å². The number of benzene rings is 1. The van der Waals surface area contributed by atoms with Gasteiger partial charge in [-0.1, -0.05) is 11.6 Å². The van der Waals surface area contributed by atoms with Gasteiger partial charge in [0.05, 0.1) is 5.56 Å². The normalized spacial score (nSPS) is 9.42. The number of aromatic carboxylic acids is 1. The first kappa shape index (κ1) is 8.39. The summed E-state index contributed by atoms with van der Waals surface area (Å²) in [5.74, 6) is -1.13. The lowest BCUT2D eigenvalue weighted by Gasteiger charge is -1.98. The predicted molar refractivity (Wildman–Crippen MR) is 43.6 cm³/mol. The molecule has 0 aliphatic carbocycles. The van der Waals surface area contributed by atoms with E-state index in [1.165, 1.54) is 12.1 Å². The fraction of sp³-hybridized carbons (Fsp3) is 0.125. The lowest BCUT2D eigenvalue weighted by atomic mass is 10.1. The molecule has 0 aliphatic heterocycles. The first-order valence-electron chi connectivity index (χ1n) is 3.32. The maximum absolute atomic E-state index is 10.5. The summed E-state index contributed by atoms with van der Waals surface area (Å²) < 4.78 is 0. The molecular weight excluding hydrogens is 158 g/mol. The SMILES string of the molecule is Cc1ccc(N=O)c(C(=O)O)c1. The van der Waals surface area contributed by atoms with Gasteiger partial charge < -0.3 is 5.11 Å². The van der Waals surface area contributed by atoms with Gasteiger partial charge in [-0.2, -0.15) is 0 Å². The van der Waals surface area contributed by atoms with E-state index in [0.29, 0.717) is 0 Å². The fourth-order valence-corrected chi connectivity index (χ4v) is 0.901. The molecule has 62 valence electrons. The molecule has 1 rings (SSSR count). The fourth-order valence-electron chi connectivity index (χ4n) is 0.901. The van der Waals surface area contributed by atoms with Crippen molar-refractivity contribution in [2.75, 3.05) is 0 Å². The molecule has 1 aromatic rings. The molecule has 0 spiro atoms. The van der Waals surface area contributed by atoms with Crippen LogP contribution in [0.5, 0.6) is 0 Å². The molecule has 0 heterocycles. The van der Waals surface area contributed by atoms with Gasteiger partial charge in [-0.25, -0.2) is 4.79 Å². The molecule has 12 heavy (non-hydrogen) atoms. The van der Waals surface area contributed by atoms with Gasteiger partial charge >= 0.3 is 5.97 Å². The zero-order valence-electron chi connectivity index (χ0n) is 6.44. The summed E-state index contributed by atoms with van der Waals surface area (Å²) in [4.78, 5) is 20.7. The van der Waals surface area contributed by atoms with Gasteiger partial charge in [0.1, 0.15) is 5.69 Å². The van der Waals surface area contributed by atoms with Gasteiger partial charge in [-0.3, -0.25) is 0 Å². The summed E-state index contributed by atoms with van der Waals surface area (Å²) >= 11 is 0. The Hall–Kier alpha value is -1.71. The first-order chi connectivity index (χ1) is 5.65. The molecule has 0 radical (unpaired) electrons. The largest absolute Gasteiger partial charge is 0.478 e. The van der Waals surface area contributed by atoms with Gasteiger partial charge in [0.2, 0.25) is 0 Å².